The van der Waals surface area contributed by atoms with Gasteiger partial charge in [0.15, 0.2) is 0 Å². The predicted octanol–water partition coefficient (Wildman–Crippen LogP) is 2.26. The summed E-state index contributed by atoms with van der Waals surface area (Å²) < 4.78 is 1.76. The van der Waals surface area contributed by atoms with Gasteiger partial charge >= 0.3 is 0 Å². The zero-order chi connectivity index (χ0) is 12.8. The molecule has 0 spiro atoms. The molecule has 2 rings (SSSR count). The molecule has 1 aromatic heterocycles. The van der Waals surface area contributed by atoms with Gasteiger partial charge in [0.1, 0.15) is 0 Å². The third-order valence-electron chi connectivity index (χ3n) is 3.91. The molecule has 1 heterocycles. The largest absolute Gasteiger partial charge is 0.315 e. The molecule has 1 aromatic rings. The van der Waals surface area contributed by atoms with E-state index in [1.54, 1.807) is 16.7 Å². The Bertz CT molecular complexity index is 413. The highest BCUT2D eigenvalue weighted by Crippen LogP contribution is 2.27. The standard InChI is InChI=1S/C15H24N2O/c1-13-5-4-6-14(11-13)12-16-8-10-17-9-3-2-7-15(17)18/h2-3,7,9,13-14,16H,4-6,8,10-12H2,1H3. The Morgan fingerprint density at radius 3 is 3.06 bits per heavy atom. The van der Waals surface area contributed by atoms with E-state index in [0.29, 0.717) is 0 Å². The Kier molecular flexibility index (Phi) is 5.00. The molecule has 3 heteroatoms. The lowest BCUT2D eigenvalue weighted by atomic mass is 9.82. The Balaban J connectivity index is 1.67. The molecule has 0 saturated heterocycles. The SMILES string of the molecule is CC1CCCC(CNCCn2ccccc2=O)C1. The van der Waals surface area contributed by atoms with Crippen molar-refractivity contribution in [3.05, 3.63) is 34.7 Å². The molecule has 1 aliphatic carbocycles. The van der Waals surface area contributed by atoms with Gasteiger partial charge in [-0.3, -0.25) is 4.79 Å². The molecule has 0 aromatic carbocycles. The van der Waals surface area contributed by atoms with Crippen molar-refractivity contribution < 1.29 is 0 Å². The molecular formula is C15H24N2O. The first kappa shape index (κ1) is 13.3. The summed E-state index contributed by atoms with van der Waals surface area (Å²) in [6.07, 6.45) is 7.36. The highest BCUT2D eigenvalue weighted by Gasteiger charge is 2.17. The van der Waals surface area contributed by atoms with Crippen LogP contribution >= 0.6 is 0 Å². The lowest BCUT2D eigenvalue weighted by Crippen LogP contribution is -2.31. The number of hydrogen-bond donors (Lipinski definition) is 1. The van der Waals surface area contributed by atoms with Crippen molar-refractivity contribution in [1.29, 1.82) is 0 Å². The monoisotopic (exact) mass is 248 g/mol. The van der Waals surface area contributed by atoms with Gasteiger partial charge in [0.05, 0.1) is 0 Å². The summed E-state index contributed by atoms with van der Waals surface area (Å²) in [5.41, 5.74) is 0.0885. The van der Waals surface area contributed by atoms with Gasteiger partial charge in [0.2, 0.25) is 0 Å². The highest BCUT2D eigenvalue weighted by atomic mass is 16.1. The molecule has 18 heavy (non-hydrogen) atoms. The van der Waals surface area contributed by atoms with Crippen LogP contribution in [0.25, 0.3) is 0 Å². The van der Waals surface area contributed by atoms with E-state index >= 15 is 0 Å². The second-order valence-electron chi connectivity index (χ2n) is 5.57. The maximum atomic E-state index is 11.5. The average molecular weight is 248 g/mol. The second kappa shape index (κ2) is 6.74. The van der Waals surface area contributed by atoms with Crippen LogP contribution in [0, 0.1) is 11.8 Å². The van der Waals surface area contributed by atoms with Crippen molar-refractivity contribution in [2.75, 3.05) is 13.1 Å². The Morgan fingerprint density at radius 1 is 1.39 bits per heavy atom. The number of nitrogens with one attached hydrogen (secondary N) is 1. The maximum Gasteiger partial charge on any atom is 0.250 e. The fraction of sp³-hybridized carbons (Fsp3) is 0.667. The Morgan fingerprint density at radius 2 is 2.28 bits per heavy atom. The average Bonchev–Trinajstić information content (AvgIpc) is 2.37. The summed E-state index contributed by atoms with van der Waals surface area (Å²) in [6, 6.07) is 5.31. The smallest absolute Gasteiger partial charge is 0.250 e. The number of pyridine rings is 1. The summed E-state index contributed by atoms with van der Waals surface area (Å²) >= 11 is 0. The molecule has 1 aliphatic rings. The fourth-order valence-corrected chi connectivity index (χ4v) is 2.90. The normalized spacial score (nSPS) is 24.1. The highest BCUT2D eigenvalue weighted by molar-refractivity contribution is 4.93. The minimum atomic E-state index is 0.0885. The van der Waals surface area contributed by atoms with E-state index in [-0.39, 0.29) is 5.56 Å². The van der Waals surface area contributed by atoms with Crippen molar-refractivity contribution in [1.82, 2.24) is 9.88 Å². The van der Waals surface area contributed by atoms with Gasteiger partial charge in [0.25, 0.3) is 5.56 Å². The lowest BCUT2D eigenvalue weighted by molar-refractivity contribution is 0.273. The van der Waals surface area contributed by atoms with Crippen molar-refractivity contribution >= 4 is 0 Å². The molecule has 100 valence electrons. The summed E-state index contributed by atoms with van der Waals surface area (Å²) in [5, 5.41) is 3.49. The van der Waals surface area contributed by atoms with E-state index in [0.717, 1.165) is 31.5 Å². The van der Waals surface area contributed by atoms with E-state index in [4.69, 9.17) is 0 Å². The minimum absolute atomic E-state index is 0.0885. The third kappa shape index (κ3) is 3.98. The zero-order valence-electron chi connectivity index (χ0n) is 11.3. The van der Waals surface area contributed by atoms with Crippen molar-refractivity contribution in [2.24, 2.45) is 11.8 Å². The fourth-order valence-electron chi connectivity index (χ4n) is 2.90. The summed E-state index contributed by atoms with van der Waals surface area (Å²) in [7, 11) is 0. The molecule has 1 saturated carbocycles. The van der Waals surface area contributed by atoms with Crippen molar-refractivity contribution in [3.63, 3.8) is 0 Å². The predicted molar refractivity (Wildman–Crippen MR) is 74.7 cm³/mol. The lowest BCUT2D eigenvalue weighted by Gasteiger charge is -2.26. The van der Waals surface area contributed by atoms with Crippen LogP contribution in [0.4, 0.5) is 0 Å². The first-order chi connectivity index (χ1) is 8.75. The molecule has 0 amide bonds. The summed E-state index contributed by atoms with van der Waals surface area (Å²) in [4.78, 5) is 11.5. The molecule has 2 unspecified atom stereocenters. The van der Waals surface area contributed by atoms with E-state index < -0.39 is 0 Å². The van der Waals surface area contributed by atoms with Gasteiger partial charge in [-0.15, -0.1) is 0 Å². The van der Waals surface area contributed by atoms with E-state index in [1.165, 1.54) is 25.7 Å². The maximum absolute atomic E-state index is 11.5. The van der Waals surface area contributed by atoms with Gasteiger partial charge in [-0.1, -0.05) is 25.8 Å². The molecule has 0 bridgehead atoms. The molecule has 1 fully saturated rings. The van der Waals surface area contributed by atoms with Crippen LogP contribution < -0.4 is 10.9 Å². The van der Waals surface area contributed by atoms with Crippen LogP contribution in [0.3, 0.4) is 0 Å². The number of rotatable bonds is 5. The zero-order valence-corrected chi connectivity index (χ0v) is 11.3. The van der Waals surface area contributed by atoms with Crippen LogP contribution in [0.5, 0.6) is 0 Å². The van der Waals surface area contributed by atoms with Gasteiger partial charge in [-0.25, -0.2) is 0 Å². The van der Waals surface area contributed by atoms with Crippen molar-refractivity contribution in [2.45, 2.75) is 39.2 Å². The van der Waals surface area contributed by atoms with E-state index in [2.05, 4.69) is 12.2 Å². The van der Waals surface area contributed by atoms with Crippen LogP contribution in [-0.4, -0.2) is 17.7 Å². The number of nitrogens with zero attached hydrogens (tertiary/aromatic N) is 1. The molecule has 1 N–H and O–H groups in total. The van der Waals surface area contributed by atoms with Gasteiger partial charge < -0.3 is 9.88 Å². The first-order valence-corrected chi connectivity index (χ1v) is 7.12. The van der Waals surface area contributed by atoms with Gasteiger partial charge in [-0.2, -0.15) is 0 Å². The molecule has 3 nitrogen and oxygen atoms in total. The Labute approximate surface area is 109 Å². The summed E-state index contributed by atoms with van der Waals surface area (Å²) in [6.45, 7) is 5.11. The first-order valence-electron chi connectivity index (χ1n) is 7.12. The molecule has 0 radical (unpaired) electrons. The van der Waals surface area contributed by atoms with Gasteiger partial charge in [0, 0.05) is 25.4 Å². The van der Waals surface area contributed by atoms with E-state index in [9.17, 15) is 4.79 Å². The molecule has 0 aliphatic heterocycles. The summed E-state index contributed by atoms with van der Waals surface area (Å²) in [5.74, 6) is 1.73. The molecular weight excluding hydrogens is 224 g/mol. The van der Waals surface area contributed by atoms with E-state index in [1.807, 2.05) is 12.3 Å². The second-order valence-corrected chi connectivity index (χ2v) is 5.57. The molecule has 2 atom stereocenters. The third-order valence-corrected chi connectivity index (χ3v) is 3.91. The van der Waals surface area contributed by atoms with Gasteiger partial charge in [-0.05, 0) is 37.3 Å². The quantitative estimate of drug-likeness (QED) is 0.811. The number of hydrogen-bond acceptors (Lipinski definition) is 2. The van der Waals surface area contributed by atoms with Crippen molar-refractivity contribution in [3.8, 4) is 0 Å². The number of aromatic nitrogens is 1. The van der Waals surface area contributed by atoms with Crippen LogP contribution in [0.15, 0.2) is 29.2 Å². The van der Waals surface area contributed by atoms with Crippen LogP contribution in [-0.2, 0) is 6.54 Å². The topological polar surface area (TPSA) is 34.0 Å². The van der Waals surface area contributed by atoms with Crippen LogP contribution in [0.2, 0.25) is 0 Å². The minimum Gasteiger partial charge on any atom is -0.315 e. The van der Waals surface area contributed by atoms with Crippen LogP contribution in [0.1, 0.15) is 32.6 Å². The Hall–Kier alpha value is -1.09.